The second-order valence-electron chi connectivity index (χ2n) is 5.46. The van der Waals surface area contributed by atoms with E-state index in [9.17, 15) is 4.79 Å². The first-order valence-electron chi connectivity index (χ1n) is 7.64. The fourth-order valence-corrected chi connectivity index (χ4v) is 2.48. The lowest BCUT2D eigenvalue weighted by molar-refractivity contribution is 0.0950. The van der Waals surface area contributed by atoms with Gasteiger partial charge in [0.05, 0.1) is 21.3 Å². The van der Waals surface area contributed by atoms with Gasteiger partial charge in [0.15, 0.2) is 0 Å². The average molecular weight is 329 g/mol. The summed E-state index contributed by atoms with van der Waals surface area (Å²) in [5.41, 5.74) is 3.73. The second-order valence-corrected chi connectivity index (χ2v) is 5.46. The Hall–Kier alpha value is -2.69. The molecular formula is C19H23NO4. The Morgan fingerprint density at radius 2 is 1.54 bits per heavy atom. The minimum absolute atomic E-state index is 0.180. The Balaban J connectivity index is 2.15. The van der Waals surface area contributed by atoms with Gasteiger partial charge in [0.2, 0.25) is 0 Å². The van der Waals surface area contributed by atoms with Crippen molar-refractivity contribution in [3.05, 3.63) is 52.6 Å². The van der Waals surface area contributed by atoms with E-state index >= 15 is 0 Å². The summed E-state index contributed by atoms with van der Waals surface area (Å²) in [5, 5.41) is 2.93. The van der Waals surface area contributed by atoms with Crippen LogP contribution in [0.2, 0.25) is 0 Å². The van der Waals surface area contributed by atoms with Gasteiger partial charge in [-0.15, -0.1) is 0 Å². The van der Waals surface area contributed by atoms with E-state index in [2.05, 4.69) is 5.32 Å². The Kier molecular flexibility index (Phi) is 5.68. The lowest BCUT2D eigenvalue weighted by Crippen LogP contribution is -2.23. The van der Waals surface area contributed by atoms with Crippen molar-refractivity contribution in [3.63, 3.8) is 0 Å². The Morgan fingerprint density at radius 1 is 0.917 bits per heavy atom. The zero-order chi connectivity index (χ0) is 17.7. The van der Waals surface area contributed by atoms with Crippen molar-refractivity contribution in [3.8, 4) is 17.2 Å². The molecule has 0 saturated heterocycles. The molecule has 24 heavy (non-hydrogen) atoms. The largest absolute Gasteiger partial charge is 0.497 e. The van der Waals surface area contributed by atoms with Gasteiger partial charge >= 0.3 is 0 Å². The van der Waals surface area contributed by atoms with E-state index in [0.717, 1.165) is 22.4 Å². The van der Waals surface area contributed by atoms with Crippen molar-refractivity contribution in [2.75, 3.05) is 21.3 Å². The highest BCUT2D eigenvalue weighted by molar-refractivity contribution is 5.95. The molecule has 2 aromatic carbocycles. The zero-order valence-electron chi connectivity index (χ0n) is 14.7. The van der Waals surface area contributed by atoms with E-state index in [0.29, 0.717) is 23.6 Å². The van der Waals surface area contributed by atoms with Gasteiger partial charge in [-0.3, -0.25) is 4.79 Å². The van der Waals surface area contributed by atoms with Crippen molar-refractivity contribution in [1.82, 2.24) is 5.32 Å². The molecule has 0 atom stereocenters. The molecule has 0 radical (unpaired) electrons. The SMILES string of the molecule is COc1cc(OC)cc(C(=O)NCc2ccc(OC)c(C)c2C)c1. The number of rotatable bonds is 6. The van der Waals surface area contributed by atoms with Crippen LogP contribution in [0.5, 0.6) is 17.2 Å². The van der Waals surface area contributed by atoms with Crippen LogP contribution >= 0.6 is 0 Å². The molecular weight excluding hydrogens is 306 g/mol. The van der Waals surface area contributed by atoms with Crippen LogP contribution in [-0.4, -0.2) is 27.2 Å². The van der Waals surface area contributed by atoms with Gasteiger partial charge in [-0.2, -0.15) is 0 Å². The van der Waals surface area contributed by atoms with Crippen molar-refractivity contribution in [1.29, 1.82) is 0 Å². The highest BCUT2D eigenvalue weighted by Gasteiger charge is 2.11. The molecule has 0 aliphatic carbocycles. The molecule has 128 valence electrons. The quantitative estimate of drug-likeness (QED) is 0.884. The van der Waals surface area contributed by atoms with Crippen molar-refractivity contribution < 1.29 is 19.0 Å². The number of methoxy groups -OCH3 is 3. The topological polar surface area (TPSA) is 56.8 Å². The van der Waals surface area contributed by atoms with Crippen LogP contribution in [0.1, 0.15) is 27.0 Å². The summed E-state index contributed by atoms with van der Waals surface area (Å²) >= 11 is 0. The number of carbonyl (C=O) groups excluding carboxylic acids is 1. The van der Waals surface area contributed by atoms with E-state index in [1.165, 1.54) is 0 Å². The summed E-state index contributed by atoms with van der Waals surface area (Å²) in [6.07, 6.45) is 0. The molecule has 1 N–H and O–H groups in total. The van der Waals surface area contributed by atoms with E-state index in [1.54, 1.807) is 39.5 Å². The van der Waals surface area contributed by atoms with Crippen LogP contribution in [0.4, 0.5) is 0 Å². The molecule has 2 aromatic rings. The van der Waals surface area contributed by atoms with E-state index < -0.39 is 0 Å². The first kappa shape index (κ1) is 17.7. The van der Waals surface area contributed by atoms with Crippen molar-refractivity contribution >= 4 is 5.91 Å². The normalized spacial score (nSPS) is 10.2. The monoisotopic (exact) mass is 329 g/mol. The van der Waals surface area contributed by atoms with Gasteiger partial charge in [0.25, 0.3) is 5.91 Å². The molecule has 0 saturated carbocycles. The van der Waals surface area contributed by atoms with Gasteiger partial charge in [0, 0.05) is 18.2 Å². The maximum absolute atomic E-state index is 12.4. The van der Waals surface area contributed by atoms with E-state index in [1.807, 2.05) is 26.0 Å². The molecule has 0 spiro atoms. The van der Waals surface area contributed by atoms with Crippen molar-refractivity contribution in [2.45, 2.75) is 20.4 Å². The molecule has 0 aromatic heterocycles. The molecule has 0 heterocycles. The van der Waals surface area contributed by atoms with Crippen LogP contribution in [-0.2, 0) is 6.54 Å². The summed E-state index contributed by atoms with van der Waals surface area (Å²) in [6, 6.07) is 8.98. The van der Waals surface area contributed by atoms with Gasteiger partial charge in [-0.25, -0.2) is 0 Å². The maximum atomic E-state index is 12.4. The third-order valence-corrected chi connectivity index (χ3v) is 4.12. The summed E-state index contributed by atoms with van der Waals surface area (Å²) in [7, 11) is 4.76. The van der Waals surface area contributed by atoms with Gasteiger partial charge in [-0.05, 0) is 48.7 Å². The van der Waals surface area contributed by atoms with Crippen LogP contribution in [0.25, 0.3) is 0 Å². The minimum Gasteiger partial charge on any atom is -0.497 e. The molecule has 0 fully saturated rings. The Labute approximate surface area is 142 Å². The maximum Gasteiger partial charge on any atom is 0.251 e. The fraction of sp³-hybridized carbons (Fsp3) is 0.316. The number of amides is 1. The van der Waals surface area contributed by atoms with Crippen LogP contribution in [0.3, 0.4) is 0 Å². The van der Waals surface area contributed by atoms with Crippen molar-refractivity contribution in [2.24, 2.45) is 0 Å². The zero-order valence-corrected chi connectivity index (χ0v) is 14.7. The number of ether oxygens (including phenoxy) is 3. The predicted molar refractivity (Wildman–Crippen MR) is 93.2 cm³/mol. The predicted octanol–water partition coefficient (Wildman–Crippen LogP) is 3.26. The number of carbonyl (C=O) groups is 1. The third-order valence-electron chi connectivity index (χ3n) is 4.12. The molecule has 5 nitrogen and oxygen atoms in total. The summed E-state index contributed by atoms with van der Waals surface area (Å²) in [5.74, 6) is 1.83. The molecule has 0 bridgehead atoms. The molecule has 2 rings (SSSR count). The average Bonchev–Trinajstić information content (AvgIpc) is 2.62. The molecule has 5 heteroatoms. The van der Waals surface area contributed by atoms with E-state index in [-0.39, 0.29) is 5.91 Å². The molecule has 0 unspecified atom stereocenters. The number of nitrogens with one attached hydrogen (secondary N) is 1. The van der Waals surface area contributed by atoms with Crippen LogP contribution in [0, 0.1) is 13.8 Å². The van der Waals surface area contributed by atoms with Gasteiger partial charge in [-0.1, -0.05) is 6.07 Å². The standard InChI is InChI=1S/C19H23NO4/c1-12-13(2)18(24-5)7-6-14(12)11-20-19(21)15-8-16(22-3)10-17(9-15)23-4/h6-10H,11H2,1-5H3,(H,20,21). The molecule has 0 aliphatic heterocycles. The smallest absolute Gasteiger partial charge is 0.251 e. The van der Waals surface area contributed by atoms with Gasteiger partial charge in [0.1, 0.15) is 17.2 Å². The van der Waals surface area contributed by atoms with Crippen LogP contribution < -0.4 is 19.5 Å². The second kappa shape index (κ2) is 7.73. The van der Waals surface area contributed by atoms with Crippen LogP contribution in [0.15, 0.2) is 30.3 Å². The van der Waals surface area contributed by atoms with E-state index in [4.69, 9.17) is 14.2 Å². The number of hydrogen-bond donors (Lipinski definition) is 1. The van der Waals surface area contributed by atoms with Gasteiger partial charge < -0.3 is 19.5 Å². The summed E-state index contributed by atoms with van der Waals surface area (Å²) < 4.78 is 15.7. The fourth-order valence-electron chi connectivity index (χ4n) is 2.48. The Bertz CT molecular complexity index is 718. The third kappa shape index (κ3) is 3.79. The minimum atomic E-state index is -0.180. The first-order valence-corrected chi connectivity index (χ1v) is 7.64. The first-order chi connectivity index (χ1) is 11.5. The highest BCUT2D eigenvalue weighted by Crippen LogP contribution is 2.25. The summed E-state index contributed by atoms with van der Waals surface area (Å²) in [6.45, 7) is 4.47. The lowest BCUT2D eigenvalue weighted by atomic mass is 10.0. The number of hydrogen-bond acceptors (Lipinski definition) is 4. The molecule has 1 amide bonds. The highest BCUT2D eigenvalue weighted by atomic mass is 16.5. The summed E-state index contributed by atoms with van der Waals surface area (Å²) in [4.78, 5) is 12.4. The Morgan fingerprint density at radius 3 is 2.08 bits per heavy atom. The lowest BCUT2D eigenvalue weighted by Gasteiger charge is -2.14. The molecule has 0 aliphatic rings. The number of benzene rings is 2.